The Morgan fingerprint density at radius 1 is 1.18 bits per heavy atom. The molecule has 1 aromatic carbocycles. The summed E-state index contributed by atoms with van der Waals surface area (Å²) < 4.78 is 0. The van der Waals surface area contributed by atoms with Gasteiger partial charge >= 0.3 is 6.03 Å². The average molecular weight is 231 g/mol. The lowest BCUT2D eigenvalue weighted by Crippen LogP contribution is -2.24. The SMILES string of the molecule is CN1CC(=O)NC1=O.c1ccc2[nH]ccc2c1. The maximum Gasteiger partial charge on any atom is 0.324 e. The number of imide groups is 1. The Labute approximate surface area is 98.4 Å². The highest BCUT2D eigenvalue weighted by Gasteiger charge is 2.21. The fourth-order valence-electron chi connectivity index (χ4n) is 1.54. The molecule has 88 valence electrons. The van der Waals surface area contributed by atoms with E-state index in [4.69, 9.17) is 0 Å². The Bertz CT molecular complexity index is 517. The van der Waals surface area contributed by atoms with Gasteiger partial charge in [-0.3, -0.25) is 10.1 Å². The molecule has 17 heavy (non-hydrogen) atoms. The molecule has 3 rings (SSSR count). The van der Waals surface area contributed by atoms with Crippen molar-refractivity contribution in [3.05, 3.63) is 36.5 Å². The first-order valence-electron chi connectivity index (χ1n) is 5.24. The van der Waals surface area contributed by atoms with Crippen LogP contribution in [0.1, 0.15) is 0 Å². The summed E-state index contributed by atoms with van der Waals surface area (Å²) in [6.45, 7) is 0.193. The number of nitrogens with one attached hydrogen (secondary N) is 2. The topological polar surface area (TPSA) is 65.2 Å². The maximum absolute atomic E-state index is 10.4. The molecule has 0 unspecified atom stereocenters. The van der Waals surface area contributed by atoms with Crippen LogP contribution in [-0.4, -0.2) is 35.4 Å². The average Bonchev–Trinajstić information content (AvgIpc) is 2.87. The van der Waals surface area contributed by atoms with Crippen LogP contribution < -0.4 is 5.32 Å². The van der Waals surface area contributed by atoms with Crippen molar-refractivity contribution < 1.29 is 9.59 Å². The Balaban J connectivity index is 0.000000128. The van der Waals surface area contributed by atoms with Crippen molar-refractivity contribution >= 4 is 22.8 Å². The van der Waals surface area contributed by atoms with E-state index in [0.717, 1.165) is 0 Å². The van der Waals surface area contributed by atoms with Crippen molar-refractivity contribution in [3.8, 4) is 0 Å². The number of H-pyrrole nitrogens is 1. The van der Waals surface area contributed by atoms with Crippen LogP contribution in [0.2, 0.25) is 0 Å². The van der Waals surface area contributed by atoms with Crippen molar-refractivity contribution in [1.82, 2.24) is 15.2 Å². The summed E-state index contributed by atoms with van der Waals surface area (Å²) >= 11 is 0. The summed E-state index contributed by atoms with van der Waals surface area (Å²) in [5, 5.41) is 3.39. The minimum atomic E-state index is -0.310. The second-order valence-corrected chi connectivity index (χ2v) is 3.77. The van der Waals surface area contributed by atoms with Crippen molar-refractivity contribution in [2.45, 2.75) is 0 Å². The molecular formula is C12H13N3O2. The van der Waals surface area contributed by atoms with Gasteiger partial charge in [0.05, 0.1) is 0 Å². The van der Waals surface area contributed by atoms with Crippen LogP contribution in [0, 0.1) is 0 Å². The number of hydrogen-bond donors (Lipinski definition) is 2. The van der Waals surface area contributed by atoms with Crippen LogP contribution >= 0.6 is 0 Å². The van der Waals surface area contributed by atoms with E-state index in [1.807, 2.05) is 18.3 Å². The number of nitrogens with zero attached hydrogens (tertiary/aromatic N) is 1. The molecule has 1 aliphatic heterocycles. The van der Waals surface area contributed by atoms with Gasteiger partial charge in [0.15, 0.2) is 0 Å². The zero-order valence-corrected chi connectivity index (χ0v) is 9.43. The van der Waals surface area contributed by atoms with Crippen LogP contribution in [0.25, 0.3) is 10.9 Å². The fourth-order valence-corrected chi connectivity index (χ4v) is 1.54. The van der Waals surface area contributed by atoms with Gasteiger partial charge in [0.2, 0.25) is 5.91 Å². The highest BCUT2D eigenvalue weighted by molar-refractivity contribution is 6.01. The van der Waals surface area contributed by atoms with Gasteiger partial charge in [-0.05, 0) is 17.5 Å². The van der Waals surface area contributed by atoms with Gasteiger partial charge in [-0.25, -0.2) is 4.79 Å². The summed E-state index contributed by atoms with van der Waals surface area (Å²) in [5.41, 5.74) is 1.21. The molecule has 0 spiro atoms. The smallest absolute Gasteiger partial charge is 0.324 e. The van der Waals surface area contributed by atoms with Gasteiger partial charge in [-0.15, -0.1) is 0 Å². The van der Waals surface area contributed by atoms with E-state index in [0.29, 0.717) is 0 Å². The van der Waals surface area contributed by atoms with E-state index in [1.165, 1.54) is 15.8 Å². The van der Waals surface area contributed by atoms with E-state index < -0.39 is 0 Å². The number of para-hydroxylation sites is 1. The minimum Gasteiger partial charge on any atom is -0.361 e. The monoisotopic (exact) mass is 231 g/mol. The lowest BCUT2D eigenvalue weighted by Gasteiger charge is -1.99. The predicted octanol–water partition coefficient (Wildman–Crippen LogP) is 1.34. The maximum atomic E-state index is 10.4. The number of carbonyl (C=O) groups excluding carboxylic acids is 2. The Kier molecular flexibility index (Phi) is 3.09. The lowest BCUT2D eigenvalue weighted by molar-refractivity contribution is -0.118. The lowest BCUT2D eigenvalue weighted by atomic mass is 10.3. The summed E-state index contributed by atoms with van der Waals surface area (Å²) in [5.74, 6) is -0.225. The third kappa shape index (κ3) is 2.63. The molecule has 5 heteroatoms. The summed E-state index contributed by atoms with van der Waals surface area (Å²) in [4.78, 5) is 25.1. The molecule has 1 fully saturated rings. The van der Waals surface area contributed by atoms with Crippen LogP contribution in [-0.2, 0) is 4.79 Å². The van der Waals surface area contributed by atoms with Crippen molar-refractivity contribution in [3.63, 3.8) is 0 Å². The Morgan fingerprint density at radius 3 is 2.47 bits per heavy atom. The van der Waals surface area contributed by atoms with Gasteiger partial charge in [0.1, 0.15) is 6.54 Å². The normalized spacial score (nSPS) is 14.5. The van der Waals surface area contributed by atoms with Gasteiger partial charge in [-0.1, -0.05) is 18.2 Å². The molecule has 0 radical (unpaired) electrons. The molecule has 1 aromatic heterocycles. The van der Waals surface area contributed by atoms with Gasteiger partial charge in [0, 0.05) is 18.8 Å². The van der Waals surface area contributed by atoms with Crippen LogP contribution in [0.15, 0.2) is 36.5 Å². The molecule has 2 N–H and O–H groups in total. The number of urea groups is 1. The molecule has 0 atom stereocenters. The first kappa shape index (κ1) is 11.2. The molecule has 1 aliphatic rings. The summed E-state index contributed by atoms with van der Waals surface area (Å²) in [7, 11) is 1.57. The standard InChI is InChI=1S/C8H7N.C4H6N2O2/c1-2-4-8-7(3-1)5-6-9-8;1-6-2-3(7)5-4(6)8/h1-6,9H;2H2,1H3,(H,5,7,8). The van der Waals surface area contributed by atoms with Gasteiger partial charge < -0.3 is 9.88 Å². The summed E-state index contributed by atoms with van der Waals surface area (Å²) in [6.07, 6.45) is 1.95. The molecule has 1 saturated heterocycles. The molecular weight excluding hydrogens is 218 g/mol. The van der Waals surface area contributed by atoms with E-state index >= 15 is 0 Å². The number of benzene rings is 1. The number of aromatic amines is 1. The molecule has 2 aromatic rings. The van der Waals surface area contributed by atoms with E-state index in [9.17, 15) is 9.59 Å². The number of hydrogen-bond acceptors (Lipinski definition) is 2. The Hall–Kier alpha value is -2.30. The summed E-state index contributed by atoms with van der Waals surface area (Å²) in [6, 6.07) is 9.97. The molecule has 0 bridgehead atoms. The third-order valence-electron chi connectivity index (χ3n) is 2.44. The number of fused-ring (bicyclic) bond motifs is 1. The van der Waals surface area contributed by atoms with Crippen LogP contribution in [0.5, 0.6) is 0 Å². The second kappa shape index (κ2) is 4.69. The van der Waals surface area contributed by atoms with Crippen molar-refractivity contribution in [2.75, 3.05) is 13.6 Å². The number of carbonyl (C=O) groups is 2. The number of rotatable bonds is 0. The first-order valence-corrected chi connectivity index (χ1v) is 5.24. The molecule has 0 saturated carbocycles. The Morgan fingerprint density at radius 2 is 1.94 bits per heavy atom. The quantitative estimate of drug-likeness (QED) is 0.672. The first-order chi connectivity index (χ1) is 8.16. The van der Waals surface area contributed by atoms with Crippen molar-refractivity contribution in [1.29, 1.82) is 0 Å². The predicted molar refractivity (Wildman–Crippen MR) is 64.5 cm³/mol. The number of amides is 3. The van der Waals surface area contributed by atoms with E-state index in [1.54, 1.807) is 7.05 Å². The highest BCUT2D eigenvalue weighted by Crippen LogP contribution is 2.09. The highest BCUT2D eigenvalue weighted by atomic mass is 16.2. The zero-order chi connectivity index (χ0) is 12.3. The largest absolute Gasteiger partial charge is 0.361 e. The third-order valence-corrected chi connectivity index (χ3v) is 2.44. The molecule has 2 heterocycles. The minimum absolute atomic E-state index is 0.193. The van der Waals surface area contributed by atoms with E-state index in [2.05, 4.69) is 28.5 Å². The van der Waals surface area contributed by atoms with Gasteiger partial charge in [0.25, 0.3) is 0 Å². The van der Waals surface area contributed by atoms with Crippen LogP contribution in [0.4, 0.5) is 4.79 Å². The van der Waals surface area contributed by atoms with Gasteiger partial charge in [-0.2, -0.15) is 0 Å². The number of aromatic nitrogens is 1. The molecule has 3 amide bonds. The van der Waals surface area contributed by atoms with Crippen LogP contribution in [0.3, 0.4) is 0 Å². The van der Waals surface area contributed by atoms with E-state index in [-0.39, 0.29) is 18.5 Å². The second-order valence-electron chi connectivity index (χ2n) is 3.77. The van der Waals surface area contributed by atoms with Crippen molar-refractivity contribution in [2.24, 2.45) is 0 Å². The molecule has 5 nitrogen and oxygen atoms in total. The fraction of sp³-hybridized carbons (Fsp3) is 0.167. The zero-order valence-electron chi connectivity index (χ0n) is 9.43. The molecule has 0 aliphatic carbocycles. The number of likely N-dealkylation sites (N-methyl/N-ethyl adjacent to an activating group) is 1.